The third-order valence-electron chi connectivity index (χ3n) is 2.45. The van der Waals surface area contributed by atoms with Crippen LogP contribution in [0.1, 0.15) is 43.4 Å². The van der Waals surface area contributed by atoms with Crippen LogP contribution in [0.15, 0.2) is 23.8 Å². The molecule has 1 aliphatic carbocycles. The number of benzene rings is 1. The lowest BCUT2D eigenvalue weighted by atomic mass is 9.95. The van der Waals surface area contributed by atoms with Gasteiger partial charge in [0.1, 0.15) is 0 Å². The van der Waals surface area contributed by atoms with Gasteiger partial charge >= 0.3 is 0 Å². The van der Waals surface area contributed by atoms with Crippen molar-refractivity contribution < 1.29 is 0 Å². The predicted octanol–water partition coefficient (Wildman–Crippen LogP) is 3.66. The fourth-order valence-electron chi connectivity index (χ4n) is 1.82. The minimum atomic E-state index is 0.596. The van der Waals surface area contributed by atoms with Crippen LogP contribution in [0.3, 0.4) is 0 Å². The Kier molecular flexibility index (Phi) is 1.99. The van der Waals surface area contributed by atoms with Crippen LogP contribution in [0, 0.1) is 6.42 Å². The Labute approximate surface area is 80.3 Å². The highest BCUT2D eigenvalue weighted by molar-refractivity contribution is 5.71. The van der Waals surface area contributed by atoms with Crippen molar-refractivity contribution in [2.75, 3.05) is 0 Å². The zero-order chi connectivity index (χ0) is 9.42. The molecule has 1 aromatic carbocycles. The summed E-state index contributed by atoms with van der Waals surface area (Å²) in [6, 6.07) is 6.46. The highest BCUT2D eigenvalue weighted by atomic mass is 14.2. The summed E-state index contributed by atoms with van der Waals surface area (Å²) in [4.78, 5) is 0. The summed E-state index contributed by atoms with van der Waals surface area (Å²) in [5.41, 5.74) is 5.30. The van der Waals surface area contributed by atoms with Gasteiger partial charge in [0.15, 0.2) is 0 Å². The van der Waals surface area contributed by atoms with Crippen molar-refractivity contribution in [2.24, 2.45) is 0 Å². The molecule has 0 heteroatoms. The van der Waals surface area contributed by atoms with E-state index in [1.165, 1.54) is 22.3 Å². The SMILES string of the molecule is CC1=Cc2c(cccc2C(C)C)[C]1. The van der Waals surface area contributed by atoms with Gasteiger partial charge in [0.25, 0.3) is 0 Å². The maximum absolute atomic E-state index is 3.35. The van der Waals surface area contributed by atoms with Crippen LogP contribution in [0.25, 0.3) is 6.08 Å². The number of fused-ring (bicyclic) bond motifs is 1. The fourth-order valence-corrected chi connectivity index (χ4v) is 1.82. The summed E-state index contributed by atoms with van der Waals surface area (Å²) < 4.78 is 0. The molecule has 0 N–H and O–H groups in total. The Hall–Kier alpha value is -1.04. The summed E-state index contributed by atoms with van der Waals surface area (Å²) in [5.74, 6) is 0.596. The molecule has 0 nitrogen and oxygen atoms in total. The van der Waals surface area contributed by atoms with Crippen LogP contribution >= 0.6 is 0 Å². The normalized spacial score (nSPS) is 14.6. The molecule has 66 valence electrons. The molecule has 0 heterocycles. The van der Waals surface area contributed by atoms with Gasteiger partial charge in [0, 0.05) is 6.42 Å². The van der Waals surface area contributed by atoms with Crippen LogP contribution in [-0.4, -0.2) is 0 Å². The Balaban J connectivity index is 2.55. The Bertz CT molecular complexity index is 356. The second-order valence-corrected chi connectivity index (χ2v) is 3.92. The highest BCUT2D eigenvalue weighted by Gasteiger charge is 2.14. The van der Waals surface area contributed by atoms with Gasteiger partial charge in [-0.05, 0) is 29.5 Å². The Morgan fingerprint density at radius 1 is 1.23 bits per heavy atom. The molecule has 1 aromatic rings. The molecule has 0 bridgehead atoms. The minimum absolute atomic E-state index is 0.596. The van der Waals surface area contributed by atoms with E-state index >= 15 is 0 Å². The smallest absolute Gasteiger partial charge is 0.0461 e. The molecule has 0 aromatic heterocycles. The van der Waals surface area contributed by atoms with Crippen LogP contribution in [0.5, 0.6) is 0 Å². The molecule has 0 aliphatic heterocycles. The zero-order valence-corrected chi connectivity index (χ0v) is 8.39. The first-order valence-electron chi connectivity index (χ1n) is 4.76. The lowest BCUT2D eigenvalue weighted by molar-refractivity contribution is 0.863. The van der Waals surface area contributed by atoms with Gasteiger partial charge in [-0.25, -0.2) is 0 Å². The third kappa shape index (κ3) is 1.41. The van der Waals surface area contributed by atoms with Crippen molar-refractivity contribution in [3.63, 3.8) is 0 Å². The highest BCUT2D eigenvalue weighted by Crippen LogP contribution is 2.32. The van der Waals surface area contributed by atoms with Crippen molar-refractivity contribution >= 4 is 6.08 Å². The molecular weight excluding hydrogens is 156 g/mol. The molecule has 0 unspecified atom stereocenters. The molecular formula is C13H14. The first-order valence-corrected chi connectivity index (χ1v) is 4.76. The van der Waals surface area contributed by atoms with Gasteiger partial charge in [-0.2, -0.15) is 0 Å². The summed E-state index contributed by atoms with van der Waals surface area (Å²) in [7, 11) is 0. The largest absolute Gasteiger partial charge is 0.0616 e. The van der Waals surface area contributed by atoms with E-state index in [0.29, 0.717) is 5.92 Å². The Morgan fingerprint density at radius 2 is 2.00 bits per heavy atom. The quantitative estimate of drug-likeness (QED) is 0.603. The maximum Gasteiger partial charge on any atom is 0.0461 e. The summed E-state index contributed by atoms with van der Waals surface area (Å²) >= 11 is 0. The monoisotopic (exact) mass is 170 g/mol. The van der Waals surface area contributed by atoms with E-state index in [1.54, 1.807) is 0 Å². The second kappa shape index (κ2) is 3.02. The van der Waals surface area contributed by atoms with Crippen molar-refractivity contribution in [1.82, 2.24) is 0 Å². The van der Waals surface area contributed by atoms with Gasteiger partial charge in [0.2, 0.25) is 0 Å². The lowest BCUT2D eigenvalue weighted by Gasteiger charge is -2.09. The van der Waals surface area contributed by atoms with Gasteiger partial charge in [0.05, 0.1) is 0 Å². The van der Waals surface area contributed by atoms with Crippen LogP contribution in [-0.2, 0) is 0 Å². The molecule has 0 atom stereocenters. The van der Waals surface area contributed by atoms with Crippen LogP contribution in [0.2, 0.25) is 0 Å². The average Bonchev–Trinajstić information content (AvgIpc) is 2.43. The van der Waals surface area contributed by atoms with Crippen molar-refractivity contribution in [3.05, 3.63) is 46.9 Å². The van der Waals surface area contributed by atoms with E-state index in [4.69, 9.17) is 0 Å². The molecule has 13 heavy (non-hydrogen) atoms. The van der Waals surface area contributed by atoms with Gasteiger partial charge < -0.3 is 0 Å². The van der Waals surface area contributed by atoms with Crippen LogP contribution in [0.4, 0.5) is 0 Å². The van der Waals surface area contributed by atoms with Crippen molar-refractivity contribution in [3.8, 4) is 0 Å². The molecule has 0 fully saturated rings. The first kappa shape index (κ1) is 8.55. The minimum Gasteiger partial charge on any atom is -0.0616 e. The van der Waals surface area contributed by atoms with Gasteiger partial charge in [-0.3, -0.25) is 0 Å². The van der Waals surface area contributed by atoms with E-state index in [-0.39, 0.29) is 0 Å². The molecule has 2 rings (SSSR count). The zero-order valence-electron chi connectivity index (χ0n) is 8.39. The van der Waals surface area contributed by atoms with Crippen molar-refractivity contribution in [2.45, 2.75) is 26.7 Å². The van der Waals surface area contributed by atoms with E-state index < -0.39 is 0 Å². The summed E-state index contributed by atoms with van der Waals surface area (Å²) in [5, 5.41) is 0. The molecule has 0 amide bonds. The molecule has 0 saturated carbocycles. The standard InChI is InChI=1S/C13H14/c1-9(2)12-6-4-5-11-7-10(3)8-13(11)12/h4-6,8-9H,1-3H3. The second-order valence-electron chi connectivity index (χ2n) is 3.92. The van der Waals surface area contributed by atoms with E-state index in [2.05, 4.69) is 51.5 Å². The third-order valence-corrected chi connectivity index (χ3v) is 2.45. The molecule has 2 radical (unpaired) electrons. The van der Waals surface area contributed by atoms with Crippen LogP contribution < -0.4 is 0 Å². The summed E-state index contributed by atoms with van der Waals surface area (Å²) in [6.07, 6.45) is 5.58. The lowest BCUT2D eigenvalue weighted by Crippen LogP contribution is -1.92. The molecule has 0 spiro atoms. The summed E-state index contributed by atoms with van der Waals surface area (Å²) in [6.45, 7) is 6.57. The van der Waals surface area contributed by atoms with Gasteiger partial charge in [-0.1, -0.05) is 43.7 Å². The number of hydrogen-bond donors (Lipinski definition) is 0. The predicted molar refractivity (Wildman–Crippen MR) is 56.5 cm³/mol. The van der Waals surface area contributed by atoms with Gasteiger partial charge in [-0.15, -0.1) is 0 Å². The Morgan fingerprint density at radius 3 is 2.69 bits per heavy atom. The topological polar surface area (TPSA) is 0 Å². The molecule has 1 aliphatic rings. The number of rotatable bonds is 1. The van der Waals surface area contributed by atoms with E-state index in [9.17, 15) is 0 Å². The van der Waals surface area contributed by atoms with Crippen molar-refractivity contribution in [1.29, 1.82) is 0 Å². The number of allylic oxidation sites excluding steroid dienone is 1. The maximum atomic E-state index is 3.35. The number of hydrogen-bond acceptors (Lipinski definition) is 0. The fraction of sp³-hybridized carbons (Fsp3) is 0.308. The average molecular weight is 170 g/mol. The van der Waals surface area contributed by atoms with E-state index in [0.717, 1.165) is 0 Å². The van der Waals surface area contributed by atoms with E-state index in [1.807, 2.05) is 0 Å². The first-order chi connectivity index (χ1) is 6.18. The molecule has 0 saturated heterocycles.